The number of methoxy groups -OCH3 is 1. The van der Waals surface area contributed by atoms with Gasteiger partial charge in [0.2, 0.25) is 0 Å². The van der Waals surface area contributed by atoms with Crippen molar-refractivity contribution in [2.24, 2.45) is 0 Å². The van der Waals surface area contributed by atoms with E-state index in [1.807, 2.05) is 24.3 Å². The van der Waals surface area contributed by atoms with Gasteiger partial charge in [0.1, 0.15) is 27.6 Å². The third kappa shape index (κ3) is 4.45. The molecule has 1 aliphatic rings. The summed E-state index contributed by atoms with van der Waals surface area (Å²) >= 11 is 3.41. The van der Waals surface area contributed by atoms with Gasteiger partial charge < -0.3 is 19.3 Å². The number of aromatic nitrogens is 1. The Labute approximate surface area is 183 Å². The van der Waals surface area contributed by atoms with Gasteiger partial charge in [-0.25, -0.2) is 14.6 Å². The first-order valence-corrected chi connectivity index (χ1v) is 10.3. The number of benzene rings is 1. The van der Waals surface area contributed by atoms with E-state index in [0.29, 0.717) is 16.1 Å². The Kier molecular flexibility index (Phi) is 5.86. The minimum absolute atomic E-state index is 0.0836. The molecule has 1 aromatic heterocycles. The highest BCUT2D eigenvalue weighted by Gasteiger charge is 2.52. The molecule has 0 radical (unpaired) electrons. The van der Waals surface area contributed by atoms with Crippen LogP contribution in [0.5, 0.6) is 11.5 Å². The number of hydrogen-bond donors (Lipinski definition) is 1. The van der Waals surface area contributed by atoms with E-state index in [0.717, 1.165) is 10.9 Å². The number of pyridine rings is 1. The van der Waals surface area contributed by atoms with E-state index in [4.69, 9.17) is 14.2 Å². The third-order valence-corrected chi connectivity index (χ3v) is 5.49. The number of rotatable bonds is 4. The molecule has 1 saturated heterocycles. The number of fused-ring (bicyclic) bond motifs is 1. The first-order chi connectivity index (χ1) is 13.9. The molecule has 2 heterocycles. The minimum Gasteiger partial charge on any atom is -0.497 e. The molecule has 0 aliphatic carbocycles. The summed E-state index contributed by atoms with van der Waals surface area (Å²) in [6.07, 6.45) is -1.11. The summed E-state index contributed by atoms with van der Waals surface area (Å²) in [6, 6.07) is 7.30. The maximum Gasteiger partial charge on any atom is 0.411 e. The van der Waals surface area contributed by atoms with Gasteiger partial charge in [-0.2, -0.15) is 0 Å². The van der Waals surface area contributed by atoms with Crippen molar-refractivity contribution in [3.05, 3.63) is 28.9 Å². The van der Waals surface area contributed by atoms with Crippen molar-refractivity contribution in [2.45, 2.75) is 51.4 Å². The molecule has 3 rings (SSSR count). The highest BCUT2D eigenvalue weighted by atomic mass is 79.9. The van der Waals surface area contributed by atoms with Gasteiger partial charge in [0.25, 0.3) is 0 Å². The molecule has 1 fully saturated rings. The molecule has 1 aromatic carbocycles. The summed E-state index contributed by atoms with van der Waals surface area (Å²) < 4.78 is 17.2. The zero-order valence-corrected chi connectivity index (χ0v) is 19.1. The fourth-order valence-electron chi connectivity index (χ4n) is 3.40. The molecule has 2 aromatic rings. The molecular formula is C21H25BrN2O6. The van der Waals surface area contributed by atoms with Crippen molar-refractivity contribution >= 4 is 38.9 Å². The Hall–Kier alpha value is -2.55. The molecule has 0 unspecified atom stereocenters. The van der Waals surface area contributed by atoms with Gasteiger partial charge in [0.05, 0.1) is 19.2 Å². The van der Waals surface area contributed by atoms with Gasteiger partial charge in [-0.15, -0.1) is 0 Å². The zero-order valence-electron chi connectivity index (χ0n) is 17.6. The van der Waals surface area contributed by atoms with Gasteiger partial charge in [-0.05, 0) is 67.9 Å². The van der Waals surface area contributed by atoms with Crippen molar-refractivity contribution in [3.8, 4) is 11.5 Å². The van der Waals surface area contributed by atoms with E-state index in [2.05, 4.69) is 20.9 Å². The Morgan fingerprint density at radius 1 is 1.30 bits per heavy atom. The van der Waals surface area contributed by atoms with Crippen molar-refractivity contribution in [1.82, 2.24) is 9.88 Å². The van der Waals surface area contributed by atoms with Crippen molar-refractivity contribution in [1.29, 1.82) is 0 Å². The Morgan fingerprint density at radius 2 is 2.00 bits per heavy atom. The van der Waals surface area contributed by atoms with E-state index in [9.17, 15) is 14.7 Å². The molecule has 0 saturated carbocycles. The highest BCUT2D eigenvalue weighted by molar-refractivity contribution is 9.10. The maximum atomic E-state index is 12.6. The van der Waals surface area contributed by atoms with Crippen LogP contribution in [0.2, 0.25) is 0 Å². The fourth-order valence-corrected chi connectivity index (χ4v) is 3.80. The summed E-state index contributed by atoms with van der Waals surface area (Å²) in [7, 11) is 1.58. The molecule has 0 bridgehead atoms. The number of carboxylic acid groups (broad SMARTS) is 1. The highest BCUT2D eigenvalue weighted by Crippen LogP contribution is 2.36. The first-order valence-electron chi connectivity index (χ1n) is 9.48. The zero-order chi connectivity index (χ0) is 22.3. The van der Waals surface area contributed by atoms with Gasteiger partial charge in [-0.1, -0.05) is 0 Å². The van der Waals surface area contributed by atoms with E-state index < -0.39 is 29.3 Å². The summed E-state index contributed by atoms with van der Waals surface area (Å²) in [4.78, 5) is 30.3. The minimum atomic E-state index is -1.44. The standard InChI is InChI=1S/C21H25BrN2O6/c1-20(2,3)30-19(27)24-11-14(10-21(24,4)18(25)26)29-16-9-12-8-13(28-5)6-7-15(12)23-17(16)22/h6-9,14H,10-11H2,1-5H3,(H,25,26)/t14-,21+/m1/s1. The van der Waals surface area contributed by atoms with Crippen LogP contribution in [-0.2, 0) is 9.53 Å². The van der Waals surface area contributed by atoms with E-state index in [-0.39, 0.29) is 13.0 Å². The van der Waals surface area contributed by atoms with Crippen LogP contribution in [0.25, 0.3) is 10.9 Å². The number of ether oxygens (including phenoxy) is 3. The number of carboxylic acids is 1. The predicted molar refractivity (Wildman–Crippen MR) is 114 cm³/mol. The number of aliphatic carboxylic acids is 1. The number of carbonyl (C=O) groups is 2. The molecular weight excluding hydrogens is 456 g/mol. The Morgan fingerprint density at radius 3 is 2.60 bits per heavy atom. The molecule has 1 N–H and O–H groups in total. The lowest BCUT2D eigenvalue weighted by Crippen LogP contribution is -2.52. The fraction of sp³-hybridized carbons (Fsp3) is 0.476. The lowest BCUT2D eigenvalue weighted by molar-refractivity contribution is -0.148. The maximum absolute atomic E-state index is 12.6. The van der Waals surface area contributed by atoms with E-state index in [1.54, 1.807) is 27.9 Å². The quantitative estimate of drug-likeness (QED) is 0.653. The monoisotopic (exact) mass is 480 g/mol. The van der Waals surface area contributed by atoms with Crippen LogP contribution >= 0.6 is 15.9 Å². The topological polar surface area (TPSA) is 98.2 Å². The smallest absolute Gasteiger partial charge is 0.411 e. The molecule has 2 atom stereocenters. The van der Waals surface area contributed by atoms with Gasteiger partial charge in [0.15, 0.2) is 5.75 Å². The average molecular weight is 481 g/mol. The number of halogens is 1. The van der Waals surface area contributed by atoms with Crippen LogP contribution in [0.3, 0.4) is 0 Å². The van der Waals surface area contributed by atoms with Crippen LogP contribution < -0.4 is 9.47 Å². The van der Waals surface area contributed by atoms with Crippen LogP contribution in [0.4, 0.5) is 4.79 Å². The van der Waals surface area contributed by atoms with Gasteiger partial charge in [-0.3, -0.25) is 4.90 Å². The second-order valence-electron chi connectivity index (χ2n) is 8.45. The summed E-state index contributed by atoms with van der Waals surface area (Å²) in [6.45, 7) is 6.79. The molecule has 162 valence electrons. The second kappa shape index (κ2) is 7.94. The summed E-state index contributed by atoms with van der Waals surface area (Å²) in [5.41, 5.74) is -1.42. The number of likely N-dealkylation sites (tertiary alicyclic amines) is 1. The number of carbonyl (C=O) groups excluding carboxylic acids is 1. The van der Waals surface area contributed by atoms with Crippen molar-refractivity contribution in [3.63, 3.8) is 0 Å². The predicted octanol–water partition coefficient (Wildman–Crippen LogP) is 4.24. The molecule has 0 spiro atoms. The average Bonchev–Trinajstić information content (AvgIpc) is 2.98. The normalized spacial score (nSPS) is 21.5. The third-order valence-electron chi connectivity index (χ3n) is 4.92. The van der Waals surface area contributed by atoms with Crippen LogP contribution in [-0.4, -0.2) is 58.0 Å². The summed E-state index contributed by atoms with van der Waals surface area (Å²) in [5, 5.41) is 10.6. The first kappa shape index (κ1) is 22.1. The second-order valence-corrected chi connectivity index (χ2v) is 9.20. The lowest BCUT2D eigenvalue weighted by Gasteiger charge is -2.32. The SMILES string of the molecule is COc1ccc2nc(Br)c(O[C@H]3CN(C(=O)OC(C)(C)C)[C@](C)(C(=O)O)C3)cc2c1. The molecule has 1 aliphatic heterocycles. The number of amides is 1. The van der Waals surface area contributed by atoms with E-state index >= 15 is 0 Å². The summed E-state index contributed by atoms with van der Waals surface area (Å²) in [5.74, 6) is 0.0346. The Balaban J connectivity index is 1.87. The lowest BCUT2D eigenvalue weighted by atomic mass is 9.98. The molecule has 8 nitrogen and oxygen atoms in total. The molecule has 30 heavy (non-hydrogen) atoms. The van der Waals surface area contributed by atoms with Crippen LogP contribution in [0, 0.1) is 0 Å². The number of hydrogen-bond acceptors (Lipinski definition) is 6. The van der Waals surface area contributed by atoms with Gasteiger partial charge >= 0.3 is 12.1 Å². The van der Waals surface area contributed by atoms with Crippen LogP contribution in [0.15, 0.2) is 28.9 Å². The Bertz CT molecular complexity index is 989. The number of nitrogens with zero attached hydrogens (tertiary/aromatic N) is 2. The van der Waals surface area contributed by atoms with Crippen molar-refractivity contribution < 1.29 is 28.9 Å². The molecule has 9 heteroatoms. The largest absolute Gasteiger partial charge is 0.497 e. The van der Waals surface area contributed by atoms with Crippen molar-refractivity contribution in [2.75, 3.05) is 13.7 Å². The van der Waals surface area contributed by atoms with Crippen LogP contribution in [0.1, 0.15) is 34.1 Å². The molecule has 1 amide bonds. The van der Waals surface area contributed by atoms with E-state index in [1.165, 1.54) is 11.8 Å². The van der Waals surface area contributed by atoms with Gasteiger partial charge in [0, 0.05) is 11.8 Å².